The van der Waals surface area contributed by atoms with Crippen molar-refractivity contribution in [3.63, 3.8) is 0 Å². The number of benzene rings is 1. The fourth-order valence-corrected chi connectivity index (χ4v) is 3.86. The lowest BCUT2D eigenvalue weighted by molar-refractivity contribution is -0.137. The molecule has 126 valence electrons. The van der Waals surface area contributed by atoms with Gasteiger partial charge < -0.3 is 10.6 Å². The van der Waals surface area contributed by atoms with Crippen molar-refractivity contribution in [1.82, 2.24) is 5.32 Å². The lowest BCUT2D eigenvalue weighted by Crippen LogP contribution is -2.39. The maximum Gasteiger partial charge on any atom is 0.417 e. The van der Waals surface area contributed by atoms with E-state index in [4.69, 9.17) is 11.6 Å². The average Bonchev–Trinajstić information content (AvgIpc) is 2.79. The van der Waals surface area contributed by atoms with Gasteiger partial charge in [-0.3, -0.25) is 4.79 Å². The zero-order chi connectivity index (χ0) is 16.6. The van der Waals surface area contributed by atoms with Gasteiger partial charge in [0.2, 0.25) is 5.91 Å². The molecule has 1 amide bonds. The Bertz CT molecular complexity index is 593. The molecule has 0 saturated carbocycles. The number of halogens is 4. The van der Waals surface area contributed by atoms with Gasteiger partial charge in [-0.05, 0) is 49.8 Å². The highest BCUT2D eigenvalue weighted by atomic mass is 35.5. The lowest BCUT2D eigenvalue weighted by atomic mass is 9.89. The molecule has 2 unspecified atom stereocenters. The molecule has 2 saturated heterocycles. The van der Waals surface area contributed by atoms with Crippen LogP contribution in [0.25, 0.3) is 0 Å². The molecular weight excluding hydrogens is 329 g/mol. The lowest BCUT2D eigenvalue weighted by Gasteiger charge is -2.28. The SMILES string of the molecule is O=C(CC1CC2CCC(C1)N2)Nc1ccc(Cl)c(C(F)(F)F)c1. The quantitative estimate of drug-likeness (QED) is 0.860. The molecular formula is C16H18ClF3N2O. The second-order valence-corrected chi connectivity index (χ2v) is 6.83. The largest absolute Gasteiger partial charge is 0.417 e. The molecule has 1 aromatic carbocycles. The molecule has 0 radical (unpaired) electrons. The molecule has 0 aliphatic carbocycles. The van der Waals surface area contributed by atoms with Crippen LogP contribution in [0.3, 0.4) is 0 Å². The summed E-state index contributed by atoms with van der Waals surface area (Å²) in [6, 6.07) is 4.40. The van der Waals surface area contributed by atoms with Crippen molar-refractivity contribution in [1.29, 1.82) is 0 Å². The second-order valence-electron chi connectivity index (χ2n) is 6.42. The highest BCUT2D eigenvalue weighted by molar-refractivity contribution is 6.31. The van der Waals surface area contributed by atoms with Crippen molar-refractivity contribution in [3.05, 3.63) is 28.8 Å². The zero-order valence-electron chi connectivity index (χ0n) is 12.4. The molecule has 2 N–H and O–H groups in total. The average molecular weight is 347 g/mol. The number of rotatable bonds is 3. The molecule has 2 atom stereocenters. The van der Waals surface area contributed by atoms with Gasteiger partial charge in [-0.25, -0.2) is 0 Å². The number of carbonyl (C=O) groups is 1. The first-order valence-corrected chi connectivity index (χ1v) is 8.11. The maximum absolute atomic E-state index is 12.8. The van der Waals surface area contributed by atoms with E-state index in [9.17, 15) is 18.0 Å². The smallest absolute Gasteiger partial charge is 0.326 e. The molecule has 2 bridgehead atoms. The van der Waals surface area contributed by atoms with Crippen LogP contribution in [0.15, 0.2) is 18.2 Å². The molecule has 2 aliphatic rings. The fraction of sp³-hybridized carbons (Fsp3) is 0.562. The van der Waals surface area contributed by atoms with E-state index in [1.807, 2.05) is 0 Å². The number of alkyl halides is 3. The van der Waals surface area contributed by atoms with Crippen LogP contribution < -0.4 is 10.6 Å². The van der Waals surface area contributed by atoms with Crippen LogP contribution >= 0.6 is 11.6 Å². The van der Waals surface area contributed by atoms with Gasteiger partial charge in [0.1, 0.15) is 0 Å². The highest BCUT2D eigenvalue weighted by Gasteiger charge is 2.35. The van der Waals surface area contributed by atoms with Crippen LogP contribution in [0, 0.1) is 5.92 Å². The Morgan fingerprint density at radius 2 is 1.91 bits per heavy atom. The van der Waals surface area contributed by atoms with Gasteiger partial charge in [-0.1, -0.05) is 11.6 Å². The summed E-state index contributed by atoms with van der Waals surface area (Å²) in [6.07, 6.45) is 0.0191. The van der Waals surface area contributed by atoms with Crippen molar-refractivity contribution in [2.45, 2.75) is 50.4 Å². The van der Waals surface area contributed by atoms with Crippen molar-refractivity contribution < 1.29 is 18.0 Å². The van der Waals surface area contributed by atoms with E-state index in [1.165, 1.54) is 6.07 Å². The molecule has 0 spiro atoms. The third kappa shape index (κ3) is 3.98. The topological polar surface area (TPSA) is 41.1 Å². The Kier molecular flexibility index (Phi) is 4.56. The van der Waals surface area contributed by atoms with E-state index in [2.05, 4.69) is 10.6 Å². The predicted octanol–water partition coefficient (Wildman–Crippen LogP) is 4.22. The van der Waals surface area contributed by atoms with Crippen molar-refractivity contribution in [3.8, 4) is 0 Å². The summed E-state index contributed by atoms with van der Waals surface area (Å²) in [4.78, 5) is 12.1. The molecule has 3 rings (SSSR count). The van der Waals surface area contributed by atoms with Crippen LogP contribution in [0.5, 0.6) is 0 Å². The van der Waals surface area contributed by atoms with Gasteiger partial charge in [0, 0.05) is 24.2 Å². The number of carbonyl (C=O) groups excluding carboxylic acids is 1. The monoisotopic (exact) mass is 346 g/mol. The van der Waals surface area contributed by atoms with Gasteiger partial charge >= 0.3 is 6.18 Å². The summed E-state index contributed by atoms with van der Waals surface area (Å²) < 4.78 is 38.5. The van der Waals surface area contributed by atoms with Crippen molar-refractivity contribution in [2.24, 2.45) is 5.92 Å². The number of fused-ring (bicyclic) bond motifs is 2. The number of anilines is 1. The van der Waals surface area contributed by atoms with E-state index >= 15 is 0 Å². The molecule has 7 heteroatoms. The zero-order valence-corrected chi connectivity index (χ0v) is 13.2. The first-order valence-electron chi connectivity index (χ1n) is 7.74. The number of nitrogens with one attached hydrogen (secondary N) is 2. The number of hydrogen-bond acceptors (Lipinski definition) is 2. The highest BCUT2D eigenvalue weighted by Crippen LogP contribution is 2.36. The van der Waals surface area contributed by atoms with Crippen molar-refractivity contribution >= 4 is 23.2 Å². The summed E-state index contributed by atoms with van der Waals surface area (Å²) in [5.41, 5.74) is -0.805. The van der Waals surface area contributed by atoms with E-state index < -0.39 is 11.7 Å². The molecule has 0 aromatic heterocycles. The van der Waals surface area contributed by atoms with Crippen LogP contribution in [0.2, 0.25) is 5.02 Å². The minimum Gasteiger partial charge on any atom is -0.326 e. The van der Waals surface area contributed by atoms with Crippen LogP contribution in [-0.2, 0) is 11.0 Å². The Morgan fingerprint density at radius 3 is 2.52 bits per heavy atom. The maximum atomic E-state index is 12.8. The molecule has 2 heterocycles. The summed E-state index contributed by atoms with van der Waals surface area (Å²) in [7, 11) is 0. The van der Waals surface area contributed by atoms with Gasteiger partial charge in [0.05, 0.1) is 10.6 Å². The van der Waals surface area contributed by atoms with Gasteiger partial charge in [0.15, 0.2) is 0 Å². The van der Waals surface area contributed by atoms with Crippen LogP contribution in [-0.4, -0.2) is 18.0 Å². The first-order chi connectivity index (χ1) is 10.8. The standard InChI is InChI=1S/C16H18ClF3N2O/c17-14-4-3-12(8-13(14)16(18,19)20)22-15(23)7-9-5-10-1-2-11(6-9)21-10/h3-4,8-11,21H,1-2,5-7H2,(H,22,23). The third-order valence-corrected chi connectivity index (χ3v) is 4.93. The van der Waals surface area contributed by atoms with Crippen LogP contribution in [0.1, 0.15) is 37.7 Å². The first kappa shape index (κ1) is 16.6. The Morgan fingerprint density at radius 1 is 1.26 bits per heavy atom. The summed E-state index contributed by atoms with van der Waals surface area (Å²) in [6.45, 7) is 0. The molecule has 2 fully saturated rings. The number of piperidine rings is 1. The molecule has 2 aliphatic heterocycles. The van der Waals surface area contributed by atoms with E-state index in [0.29, 0.717) is 24.4 Å². The number of hydrogen-bond donors (Lipinski definition) is 2. The minimum absolute atomic E-state index is 0.128. The van der Waals surface area contributed by atoms with Gasteiger partial charge in [0.25, 0.3) is 0 Å². The Hall–Kier alpha value is -1.27. The van der Waals surface area contributed by atoms with Crippen molar-refractivity contribution in [2.75, 3.05) is 5.32 Å². The Labute approximate surface area is 137 Å². The minimum atomic E-state index is -4.54. The van der Waals surface area contributed by atoms with E-state index in [-0.39, 0.29) is 16.6 Å². The predicted molar refractivity (Wildman–Crippen MR) is 82.4 cm³/mol. The normalized spacial score (nSPS) is 27.0. The van der Waals surface area contributed by atoms with Gasteiger partial charge in [-0.2, -0.15) is 13.2 Å². The number of amides is 1. The summed E-state index contributed by atoms with van der Waals surface area (Å²) >= 11 is 5.57. The molecule has 23 heavy (non-hydrogen) atoms. The van der Waals surface area contributed by atoms with Gasteiger partial charge in [-0.15, -0.1) is 0 Å². The second kappa shape index (κ2) is 6.32. The fourth-order valence-electron chi connectivity index (χ4n) is 3.64. The van der Waals surface area contributed by atoms with E-state index in [0.717, 1.165) is 37.8 Å². The van der Waals surface area contributed by atoms with E-state index in [1.54, 1.807) is 0 Å². The summed E-state index contributed by atoms with van der Waals surface area (Å²) in [5, 5.41) is 5.69. The summed E-state index contributed by atoms with van der Waals surface area (Å²) in [5.74, 6) is 0.0508. The van der Waals surface area contributed by atoms with Crippen LogP contribution in [0.4, 0.5) is 18.9 Å². The third-order valence-electron chi connectivity index (χ3n) is 4.60. The molecule has 3 nitrogen and oxygen atoms in total. The Balaban J connectivity index is 1.62. The molecule has 1 aromatic rings.